The van der Waals surface area contributed by atoms with Crippen LogP contribution in [0.25, 0.3) is 0 Å². The minimum Gasteiger partial charge on any atom is -0.493 e. The molecule has 0 saturated carbocycles. The van der Waals surface area contributed by atoms with E-state index in [2.05, 4.69) is 5.32 Å². The van der Waals surface area contributed by atoms with Gasteiger partial charge in [-0.1, -0.05) is 42.5 Å². The van der Waals surface area contributed by atoms with Crippen molar-refractivity contribution in [1.29, 1.82) is 0 Å². The van der Waals surface area contributed by atoms with Crippen molar-refractivity contribution in [3.63, 3.8) is 0 Å². The number of hydrogen-bond donors (Lipinski definition) is 1. The van der Waals surface area contributed by atoms with E-state index in [1.807, 2.05) is 68.4 Å². The van der Waals surface area contributed by atoms with E-state index >= 15 is 0 Å². The topological polar surface area (TPSA) is 38.3 Å². The van der Waals surface area contributed by atoms with Crippen LogP contribution in [-0.4, -0.2) is 24.0 Å². The zero-order chi connectivity index (χ0) is 16.5. The fourth-order valence-corrected chi connectivity index (χ4v) is 2.81. The molecule has 1 N–H and O–H groups in total. The average Bonchev–Trinajstić information content (AvgIpc) is 2.55. The molecule has 23 heavy (non-hydrogen) atoms. The number of hydrogen-bond acceptors (Lipinski definition) is 3. The van der Waals surface area contributed by atoms with Crippen LogP contribution in [-0.2, 0) is 4.79 Å². The van der Waals surface area contributed by atoms with E-state index in [1.54, 1.807) is 11.8 Å². The highest BCUT2D eigenvalue weighted by atomic mass is 32.2. The van der Waals surface area contributed by atoms with Crippen molar-refractivity contribution in [1.82, 2.24) is 5.32 Å². The summed E-state index contributed by atoms with van der Waals surface area (Å²) in [4.78, 5) is 11.9. The Hall–Kier alpha value is -1.94. The van der Waals surface area contributed by atoms with Gasteiger partial charge in [-0.15, -0.1) is 11.8 Å². The van der Waals surface area contributed by atoms with Crippen molar-refractivity contribution in [2.75, 3.05) is 18.1 Å². The van der Waals surface area contributed by atoms with Crippen molar-refractivity contribution in [3.8, 4) is 5.75 Å². The minimum atomic E-state index is 0.0350. The summed E-state index contributed by atoms with van der Waals surface area (Å²) in [6.45, 7) is 4.65. The van der Waals surface area contributed by atoms with Gasteiger partial charge in [0.25, 0.3) is 0 Å². The first-order chi connectivity index (χ1) is 11.1. The Morgan fingerprint density at radius 1 is 1.17 bits per heavy atom. The normalized spacial score (nSPS) is 11.7. The van der Waals surface area contributed by atoms with E-state index in [-0.39, 0.29) is 11.9 Å². The minimum absolute atomic E-state index is 0.0350. The predicted molar refractivity (Wildman–Crippen MR) is 97.0 cm³/mol. The third-order valence-corrected chi connectivity index (χ3v) is 4.32. The standard InChI is InChI=1S/C19H23NO2S/c1-15-7-6-10-18(13-15)22-11-12-23-14-19(21)20-16(2)17-8-4-3-5-9-17/h3-10,13,16H,11-12,14H2,1-2H3,(H,20,21). The van der Waals surface area contributed by atoms with Gasteiger partial charge in [-0.05, 0) is 37.1 Å². The molecule has 2 aromatic carbocycles. The van der Waals surface area contributed by atoms with Crippen LogP contribution in [0.5, 0.6) is 5.75 Å². The molecule has 0 saturated heterocycles. The molecule has 1 atom stereocenters. The Labute approximate surface area is 142 Å². The summed E-state index contributed by atoms with van der Waals surface area (Å²) < 4.78 is 5.67. The van der Waals surface area contributed by atoms with Crippen LogP contribution in [0.1, 0.15) is 24.1 Å². The molecule has 0 fully saturated rings. The highest BCUT2D eigenvalue weighted by molar-refractivity contribution is 7.99. The van der Waals surface area contributed by atoms with Crippen molar-refractivity contribution < 1.29 is 9.53 Å². The molecule has 0 aliphatic carbocycles. The molecular weight excluding hydrogens is 306 g/mol. The van der Waals surface area contributed by atoms with E-state index < -0.39 is 0 Å². The van der Waals surface area contributed by atoms with Crippen LogP contribution in [0.15, 0.2) is 54.6 Å². The van der Waals surface area contributed by atoms with Gasteiger partial charge in [-0.2, -0.15) is 0 Å². The predicted octanol–water partition coefficient (Wildman–Crippen LogP) is 3.98. The molecule has 2 rings (SSSR count). The van der Waals surface area contributed by atoms with Crippen molar-refractivity contribution >= 4 is 17.7 Å². The van der Waals surface area contributed by atoms with E-state index in [4.69, 9.17) is 4.74 Å². The number of carbonyl (C=O) groups is 1. The molecule has 4 heteroatoms. The lowest BCUT2D eigenvalue weighted by molar-refractivity contribution is -0.119. The smallest absolute Gasteiger partial charge is 0.230 e. The Balaban J connectivity index is 1.61. The number of thioether (sulfide) groups is 1. The first-order valence-electron chi connectivity index (χ1n) is 7.76. The quantitative estimate of drug-likeness (QED) is 0.744. The fourth-order valence-electron chi connectivity index (χ4n) is 2.20. The zero-order valence-electron chi connectivity index (χ0n) is 13.6. The van der Waals surface area contributed by atoms with E-state index in [9.17, 15) is 4.79 Å². The van der Waals surface area contributed by atoms with Crippen molar-refractivity contribution in [3.05, 3.63) is 65.7 Å². The van der Waals surface area contributed by atoms with Crippen LogP contribution in [0, 0.1) is 6.92 Å². The molecule has 0 aromatic heterocycles. The number of benzene rings is 2. The summed E-state index contributed by atoms with van der Waals surface area (Å²) in [5.74, 6) is 2.18. The lowest BCUT2D eigenvalue weighted by atomic mass is 10.1. The Morgan fingerprint density at radius 3 is 2.70 bits per heavy atom. The number of carbonyl (C=O) groups excluding carboxylic acids is 1. The second-order valence-electron chi connectivity index (χ2n) is 5.42. The molecule has 0 aliphatic heterocycles. The third kappa shape index (κ3) is 6.37. The maximum Gasteiger partial charge on any atom is 0.230 e. The highest BCUT2D eigenvalue weighted by Crippen LogP contribution is 2.14. The summed E-state index contributed by atoms with van der Waals surface area (Å²) in [6.07, 6.45) is 0. The van der Waals surface area contributed by atoms with Crippen LogP contribution in [0.3, 0.4) is 0 Å². The molecule has 0 radical (unpaired) electrons. The van der Waals surface area contributed by atoms with Gasteiger partial charge in [0, 0.05) is 5.75 Å². The molecule has 0 heterocycles. The van der Waals surface area contributed by atoms with E-state index in [0.717, 1.165) is 17.1 Å². The van der Waals surface area contributed by atoms with Crippen molar-refractivity contribution in [2.24, 2.45) is 0 Å². The van der Waals surface area contributed by atoms with E-state index in [1.165, 1.54) is 5.56 Å². The summed E-state index contributed by atoms with van der Waals surface area (Å²) in [5, 5.41) is 3.01. The van der Waals surface area contributed by atoms with Crippen LogP contribution < -0.4 is 10.1 Å². The lowest BCUT2D eigenvalue weighted by Crippen LogP contribution is -2.28. The van der Waals surface area contributed by atoms with Gasteiger partial charge in [-0.25, -0.2) is 0 Å². The number of rotatable bonds is 8. The maximum absolute atomic E-state index is 11.9. The van der Waals surface area contributed by atoms with Crippen LogP contribution in [0.2, 0.25) is 0 Å². The lowest BCUT2D eigenvalue weighted by Gasteiger charge is -2.14. The summed E-state index contributed by atoms with van der Waals surface area (Å²) in [5.41, 5.74) is 2.30. The summed E-state index contributed by atoms with van der Waals surface area (Å²) >= 11 is 1.58. The third-order valence-electron chi connectivity index (χ3n) is 3.40. The van der Waals surface area contributed by atoms with E-state index in [0.29, 0.717) is 12.4 Å². The van der Waals surface area contributed by atoms with Gasteiger partial charge in [0.05, 0.1) is 18.4 Å². The fraction of sp³-hybridized carbons (Fsp3) is 0.316. The molecule has 0 aliphatic rings. The van der Waals surface area contributed by atoms with Gasteiger partial charge >= 0.3 is 0 Å². The first-order valence-corrected chi connectivity index (χ1v) is 8.92. The largest absolute Gasteiger partial charge is 0.493 e. The summed E-state index contributed by atoms with van der Waals surface area (Å²) in [7, 11) is 0. The SMILES string of the molecule is Cc1cccc(OCCSCC(=O)NC(C)c2ccccc2)c1. The Kier molecular flexibility index (Phi) is 7.01. The molecule has 0 bridgehead atoms. The number of ether oxygens (including phenoxy) is 1. The van der Waals surface area contributed by atoms with Gasteiger partial charge < -0.3 is 10.1 Å². The second kappa shape index (κ2) is 9.26. The first kappa shape index (κ1) is 17.4. The van der Waals surface area contributed by atoms with Crippen LogP contribution in [0.4, 0.5) is 0 Å². The number of aryl methyl sites for hydroxylation is 1. The molecule has 3 nitrogen and oxygen atoms in total. The molecule has 122 valence electrons. The Morgan fingerprint density at radius 2 is 1.96 bits per heavy atom. The average molecular weight is 329 g/mol. The number of nitrogens with one attached hydrogen (secondary N) is 1. The zero-order valence-corrected chi connectivity index (χ0v) is 14.4. The highest BCUT2D eigenvalue weighted by Gasteiger charge is 2.08. The van der Waals surface area contributed by atoms with Gasteiger partial charge in [0.1, 0.15) is 5.75 Å². The molecule has 0 spiro atoms. The van der Waals surface area contributed by atoms with Gasteiger partial charge in [0.15, 0.2) is 0 Å². The van der Waals surface area contributed by atoms with Gasteiger partial charge in [0.2, 0.25) is 5.91 Å². The summed E-state index contributed by atoms with van der Waals surface area (Å²) in [6, 6.07) is 18.0. The maximum atomic E-state index is 11.9. The molecule has 2 aromatic rings. The van der Waals surface area contributed by atoms with Crippen molar-refractivity contribution in [2.45, 2.75) is 19.9 Å². The molecule has 1 unspecified atom stereocenters. The number of amides is 1. The second-order valence-corrected chi connectivity index (χ2v) is 6.52. The molecular formula is C19H23NO2S. The van der Waals surface area contributed by atoms with Crippen LogP contribution >= 0.6 is 11.8 Å². The Bertz CT molecular complexity index is 616. The van der Waals surface area contributed by atoms with Gasteiger partial charge in [-0.3, -0.25) is 4.79 Å². The monoisotopic (exact) mass is 329 g/mol. The molecule has 1 amide bonds.